The molecule has 1 saturated heterocycles. The first-order valence-electron chi connectivity index (χ1n) is 7.57. The average Bonchev–Trinajstić information content (AvgIpc) is 3.31. The Bertz CT molecular complexity index is 551. The molecule has 5 nitrogen and oxygen atoms in total. The molecule has 112 valence electrons. The maximum absolute atomic E-state index is 12.5. The number of carbonyl (C=O) groups is 2. The van der Waals surface area contributed by atoms with Crippen molar-refractivity contribution in [1.82, 2.24) is 9.88 Å². The molecule has 1 amide bonds. The Hall–Kier alpha value is -1.91. The molecule has 1 saturated carbocycles. The number of carboxylic acids is 1. The van der Waals surface area contributed by atoms with Crippen molar-refractivity contribution < 1.29 is 14.7 Å². The van der Waals surface area contributed by atoms with Crippen LogP contribution in [0.1, 0.15) is 54.6 Å². The Balaban J connectivity index is 1.75. The van der Waals surface area contributed by atoms with Gasteiger partial charge in [0, 0.05) is 18.8 Å². The smallest absolute Gasteiger partial charge is 0.308 e. The predicted molar refractivity (Wildman–Crippen MR) is 77.1 cm³/mol. The average molecular weight is 288 g/mol. The number of pyridine rings is 1. The molecule has 0 bridgehead atoms. The van der Waals surface area contributed by atoms with E-state index < -0.39 is 11.9 Å². The van der Waals surface area contributed by atoms with Gasteiger partial charge in [-0.25, -0.2) is 0 Å². The van der Waals surface area contributed by atoms with Crippen molar-refractivity contribution in [3.63, 3.8) is 0 Å². The summed E-state index contributed by atoms with van der Waals surface area (Å²) in [5.41, 5.74) is 1.61. The number of nitrogens with zero attached hydrogens (tertiary/aromatic N) is 2. The first kappa shape index (κ1) is 14.0. The number of rotatable bonds is 3. The lowest BCUT2D eigenvalue weighted by Gasteiger charge is -2.37. The van der Waals surface area contributed by atoms with E-state index in [9.17, 15) is 14.7 Å². The summed E-state index contributed by atoms with van der Waals surface area (Å²) in [6, 6.07) is 3.46. The lowest BCUT2D eigenvalue weighted by molar-refractivity contribution is -0.144. The van der Waals surface area contributed by atoms with Crippen LogP contribution in [0.3, 0.4) is 0 Å². The molecule has 1 aromatic rings. The van der Waals surface area contributed by atoms with E-state index in [1.165, 1.54) is 18.4 Å². The fourth-order valence-electron chi connectivity index (χ4n) is 3.10. The predicted octanol–water partition coefficient (Wildman–Crippen LogP) is 2.28. The van der Waals surface area contributed by atoms with Crippen molar-refractivity contribution in [3.8, 4) is 0 Å². The standard InChI is InChI=1S/C16H20N2O3/c1-10-13(16(20)21)3-2-8-18(10)15(19)14-7-6-12(9-17-14)11-4-5-11/h6-7,9-11,13H,2-5,8H2,1H3,(H,20,21)/t10-,13-/m1/s1. The summed E-state index contributed by atoms with van der Waals surface area (Å²) < 4.78 is 0. The number of likely N-dealkylation sites (tertiary alicyclic amines) is 1. The van der Waals surface area contributed by atoms with Crippen LogP contribution in [-0.4, -0.2) is 39.5 Å². The molecule has 0 spiro atoms. The molecule has 2 heterocycles. The summed E-state index contributed by atoms with van der Waals surface area (Å²) in [6.45, 7) is 2.42. The van der Waals surface area contributed by atoms with Gasteiger partial charge in [0.25, 0.3) is 5.91 Å². The summed E-state index contributed by atoms with van der Waals surface area (Å²) in [5, 5.41) is 9.23. The molecule has 1 aromatic heterocycles. The Morgan fingerprint density at radius 2 is 2.05 bits per heavy atom. The van der Waals surface area contributed by atoms with Gasteiger partial charge in [-0.15, -0.1) is 0 Å². The van der Waals surface area contributed by atoms with E-state index in [1.54, 1.807) is 17.2 Å². The van der Waals surface area contributed by atoms with Gasteiger partial charge >= 0.3 is 5.97 Å². The molecule has 0 aromatic carbocycles. The van der Waals surface area contributed by atoms with Crippen LogP contribution in [0.25, 0.3) is 0 Å². The van der Waals surface area contributed by atoms with Crippen LogP contribution in [-0.2, 0) is 4.79 Å². The van der Waals surface area contributed by atoms with E-state index in [2.05, 4.69) is 4.98 Å². The third kappa shape index (κ3) is 2.77. The summed E-state index contributed by atoms with van der Waals surface area (Å²) in [7, 11) is 0. The number of hydrogen-bond acceptors (Lipinski definition) is 3. The lowest BCUT2D eigenvalue weighted by Crippen LogP contribution is -2.49. The fraction of sp³-hybridized carbons (Fsp3) is 0.562. The quantitative estimate of drug-likeness (QED) is 0.926. The van der Waals surface area contributed by atoms with Crippen LogP contribution in [0.4, 0.5) is 0 Å². The van der Waals surface area contributed by atoms with E-state index >= 15 is 0 Å². The van der Waals surface area contributed by atoms with E-state index in [0.29, 0.717) is 24.6 Å². The highest BCUT2D eigenvalue weighted by molar-refractivity contribution is 5.93. The van der Waals surface area contributed by atoms with Crippen LogP contribution in [0, 0.1) is 5.92 Å². The van der Waals surface area contributed by atoms with Gasteiger partial charge in [0.1, 0.15) is 5.69 Å². The van der Waals surface area contributed by atoms with Crippen LogP contribution in [0.5, 0.6) is 0 Å². The Labute approximate surface area is 124 Å². The lowest BCUT2D eigenvalue weighted by atomic mass is 9.90. The van der Waals surface area contributed by atoms with Gasteiger partial charge in [-0.05, 0) is 50.2 Å². The van der Waals surface area contributed by atoms with Gasteiger partial charge in [0.05, 0.1) is 5.92 Å². The number of hydrogen-bond donors (Lipinski definition) is 1. The van der Waals surface area contributed by atoms with E-state index in [1.807, 2.05) is 13.0 Å². The summed E-state index contributed by atoms with van der Waals surface area (Å²) in [6.07, 6.45) is 5.56. The third-order valence-electron chi connectivity index (χ3n) is 4.62. The van der Waals surface area contributed by atoms with Crippen LogP contribution < -0.4 is 0 Å². The number of carboxylic acid groups (broad SMARTS) is 1. The minimum absolute atomic E-state index is 0.157. The third-order valence-corrected chi connectivity index (χ3v) is 4.62. The normalized spacial score (nSPS) is 25.7. The van der Waals surface area contributed by atoms with Gasteiger partial charge in [-0.3, -0.25) is 14.6 Å². The second-order valence-electron chi connectivity index (χ2n) is 6.08. The Kier molecular flexibility index (Phi) is 3.66. The molecule has 3 rings (SSSR count). The molecule has 5 heteroatoms. The maximum atomic E-state index is 12.5. The molecule has 1 aliphatic heterocycles. The van der Waals surface area contributed by atoms with E-state index in [0.717, 1.165) is 6.42 Å². The van der Waals surface area contributed by atoms with Crippen molar-refractivity contribution in [2.45, 2.75) is 44.6 Å². The molecule has 21 heavy (non-hydrogen) atoms. The molecule has 2 fully saturated rings. The van der Waals surface area contributed by atoms with Crippen molar-refractivity contribution in [2.24, 2.45) is 5.92 Å². The molecule has 1 aliphatic carbocycles. The highest BCUT2D eigenvalue weighted by Gasteiger charge is 2.36. The highest BCUT2D eigenvalue weighted by atomic mass is 16.4. The molecule has 2 aliphatic rings. The molecule has 1 N–H and O–H groups in total. The number of carbonyl (C=O) groups excluding carboxylic acids is 1. The second kappa shape index (κ2) is 5.47. The zero-order chi connectivity index (χ0) is 15.0. The van der Waals surface area contributed by atoms with Gasteiger partial charge in [-0.2, -0.15) is 0 Å². The van der Waals surface area contributed by atoms with Crippen molar-refractivity contribution >= 4 is 11.9 Å². The summed E-state index contributed by atoms with van der Waals surface area (Å²) >= 11 is 0. The summed E-state index contributed by atoms with van der Waals surface area (Å²) in [5.74, 6) is -0.840. The van der Waals surface area contributed by atoms with Crippen LogP contribution >= 0.6 is 0 Å². The van der Waals surface area contributed by atoms with Gasteiger partial charge in [0.15, 0.2) is 0 Å². The SMILES string of the molecule is C[C@@H]1[C@H](C(=O)O)CCCN1C(=O)c1ccc(C2CC2)cn1. The number of piperidine rings is 1. The first-order valence-corrected chi connectivity index (χ1v) is 7.57. The van der Waals surface area contributed by atoms with E-state index in [-0.39, 0.29) is 11.9 Å². The van der Waals surface area contributed by atoms with E-state index in [4.69, 9.17) is 0 Å². The maximum Gasteiger partial charge on any atom is 0.308 e. The van der Waals surface area contributed by atoms with Gasteiger partial charge < -0.3 is 10.0 Å². The van der Waals surface area contributed by atoms with Crippen molar-refractivity contribution in [2.75, 3.05) is 6.54 Å². The van der Waals surface area contributed by atoms with Gasteiger partial charge in [-0.1, -0.05) is 6.07 Å². The Morgan fingerprint density at radius 1 is 1.29 bits per heavy atom. The minimum Gasteiger partial charge on any atom is -0.481 e. The molecule has 0 unspecified atom stereocenters. The molecular weight excluding hydrogens is 268 g/mol. The minimum atomic E-state index is -0.822. The fourth-order valence-corrected chi connectivity index (χ4v) is 3.10. The second-order valence-corrected chi connectivity index (χ2v) is 6.08. The zero-order valence-electron chi connectivity index (χ0n) is 12.2. The molecule has 2 atom stereocenters. The Morgan fingerprint density at radius 3 is 2.62 bits per heavy atom. The topological polar surface area (TPSA) is 70.5 Å². The van der Waals surface area contributed by atoms with Crippen LogP contribution in [0.15, 0.2) is 18.3 Å². The largest absolute Gasteiger partial charge is 0.481 e. The number of aromatic nitrogens is 1. The van der Waals surface area contributed by atoms with Crippen LogP contribution in [0.2, 0.25) is 0 Å². The zero-order valence-corrected chi connectivity index (χ0v) is 12.2. The molecule has 0 radical (unpaired) electrons. The monoisotopic (exact) mass is 288 g/mol. The number of amides is 1. The van der Waals surface area contributed by atoms with Gasteiger partial charge in [0.2, 0.25) is 0 Å². The van der Waals surface area contributed by atoms with Crippen molar-refractivity contribution in [1.29, 1.82) is 0 Å². The van der Waals surface area contributed by atoms with Crippen molar-refractivity contribution in [3.05, 3.63) is 29.6 Å². The molecular formula is C16H20N2O3. The number of aliphatic carboxylic acids is 1. The first-order chi connectivity index (χ1) is 10.1. The highest BCUT2D eigenvalue weighted by Crippen LogP contribution is 2.39. The summed E-state index contributed by atoms with van der Waals surface area (Å²) in [4.78, 5) is 29.7.